The summed E-state index contributed by atoms with van der Waals surface area (Å²) < 4.78 is 57.0. The Balaban J connectivity index is 1.45. The maximum atomic E-state index is 12.7. The van der Waals surface area contributed by atoms with Gasteiger partial charge in [-0.2, -0.15) is 4.31 Å². The number of carbonyl (C=O) groups excluding carboxylic acids is 1. The van der Waals surface area contributed by atoms with Gasteiger partial charge in [0.15, 0.2) is 9.84 Å². The Labute approximate surface area is 176 Å². The molecule has 1 aromatic heterocycles. The Morgan fingerprint density at radius 1 is 0.933 bits per heavy atom. The number of amides is 1. The van der Waals surface area contributed by atoms with Crippen molar-refractivity contribution in [2.45, 2.75) is 36.5 Å². The Morgan fingerprint density at radius 3 is 2.43 bits per heavy atom. The van der Waals surface area contributed by atoms with E-state index in [0.717, 1.165) is 36.9 Å². The molecule has 8 nitrogen and oxygen atoms in total. The zero-order valence-corrected chi connectivity index (χ0v) is 18.1. The number of benzene rings is 1. The molecular weight excluding hydrogens is 428 g/mol. The number of hydrogen-bond acceptors (Lipinski definition) is 6. The monoisotopic (exact) mass is 452 g/mol. The fourth-order valence-electron chi connectivity index (χ4n) is 3.96. The molecule has 0 atom stereocenters. The lowest BCUT2D eigenvalue weighted by atomic mass is 10.0. The van der Waals surface area contributed by atoms with Gasteiger partial charge in [-0.15, -0.1) is 0 Å². The lowest BCUT2D eigenvalue weighted by molar-refractivity contribution is -0.116. The number of anilines is 1. The first kappa shape index (κ1) is 21.1. The summed E-state index contributed by atoms with van der Waals surface area (Å²) in [5.41, 5.74) is 1.78. The SMILES string of the molecule is O=C(CS(=O)(=O)Cc1ccc(S(=O)(=O)N2CCCC2)o1)N1CCCc2ccccc21. The predicted octanol–water partition coefficient (Wildman–Crippen LogP) is 1.96. The van der Waals surface area contributed by atoms with Gasteiger partial charge in [0.05, 0.1) is 0 Å². The van der Waals surface area contributed by atoms with Gasteiger partial charge >= 0.3 is 0 Å². The van der Waals surface area contributed by atoms with E-state index in [1.165, 1.54) is 21.3 Å². The molecule has 1 amide bonds. The molecule has 0 N–H and O–H groups in total. The second-order valence-electron chi connectivity index (χ2n) is 7.64. The molecule has 10 heteroatoms. The van der Waals surface area contributed by atoms with E-state index in [2.05, 4.69) is 0 Å². The highest BCUT2D eigenvalue weighted by atomic mass is 32.2. The number of carbonyl (C=O) groups is 1. The summed E-state index contributed by atoms with van der Waals surface area (Å²) in [5, 5.41) is -0.258. The van der Waals surface area contributed by atoms with E-state index in [1.807, 2.05) is 24.3 Å². The number of para-hydroxylation sites is 1. The summed E-state index contributed by atoms with van der Waals surface area (Å²) in [4.78, 5) is 14.2. The topological polar surface area (TPSA) is 105 Å². The predicted molar refractivity (Wildman–Crippen MR) is 111 cm³/mol. The molecule has 0 spiro atoms. The van der Waals surface area contributed by atoms with E-state index < -0.39 is 37.3 Å². The number of furan rings is 1. The van der Waals surface area contributed by atoms with Crippen molar-refractivity contribution in [2.75, 3.05) is 30.3 Å². The second-order valence-corrected chi connectivity index (χ2v) is 11.6. The van der Waals surface area contributed by atoms with Crippen LogP contribution in [0, 0.1) is 0 Å². The fraction of sp³-hybridized carbons (Fsp3) is 0.450. The Kier molecular flexibility index (Phi) is 5.73. The maximum Gasteiger partial charge on any atom is 0.276 e. The van der Waals surface area contributed by atoms with Crippen LogP contribution in [0.25, 0.3) is 0 Å². The minimum atomic E-state index is -3.83. The van der Waals surface area contributed by atoms with Crippen molar-refractivity contribution in [1.82, 2.24) is 4.31 Å². The highest BCUT2D eigenvalue weighted by Gasteiger charge is 2.31. The summed E-state index contributed by atoms with van der Waals surface area (Å²) in [5.74, 6) is -1.65. The molecule has 2 aromatic rings. The smallest absolute Gasteiger partial charge is 0.276 e. The molecule has 1 saturated heterocycles. The van der Waals surface area contributed by atoms with E-state index in [4.69, 9.17) is 4.42 Å². The standard InChI is InChI=1S/C20H24N2O6S2/c23-19(22-13-5-7-16-6-1-2-8-18(16)22)15-29(24,25)14-17-9-10-20(28-17)30(26,27)21-11-3-4-12-21/h1-2,6,8-10H,3-5,7,11-15H2. The molecule has 1 aromatic carbocycles. The number of nitrogens with zero attached hydrogens (tertiary/aromatic N) is 2. The van der Waals surface area contributed by atoms with Crippen LogP contribution in [0.1, 0.15) is 30.6 Å². The molecule has 4 rings (SSSR count). The first-order valence-corrected chi connectivity index (χ1v) is 13.2. The molecular formula is C20H24N2O6S2. The van der Waals surface area contributed by atoms with Crippen LogP contribution < -0.4 is 4.90 Å². The summed E-state index contributed by atoms with van der Waals surface area (Å²) in [6.45, 7) is 1.34. The third kappa shape index (κ3) is 4.30. The van der Waals surface area contributed by atoms with Gasteiger partial charge in [-0.25, -0.2) is 16.8 Å². The van der Waals surface area contributed by atoms with Crippen LogP contribution in [0.15, 0.2) is 45.9 Å². The van der Waals surface area contributed by atoms with Crippen LogP contribution in [-0.4, -0.2) is 52.4 Å². The van der Waals surface area contributed by atoms with Gasteiger partial charge in [-0.05, 0) is 49.4 Å². The average Bonchev–Trinajstić information content (AvgIpc) is 3.39. The normalized spacial score (nSPS) is 17.8. The molecule has 0 bridgehead atoms. The van der Waals surface area contributed by atoms with E-state index in [1.54, 1.807) is 0 Å². The summed E-state index contributed by atoms with van der Waals surface area (Å²) in [7, 11) is -7.58. The van der Waals surface area contributed by atoms with Crippen molar-refractivity contribution in [3.8, 4) is 0 Å². The minimum Gasteiger partial charge on any atom is -0.447 e. The molecule has 0 radical (unpaired) electrons. The van der Waals surface area contributed by atoms with Crippen molar-refractivity contribution in [2.24, 2.45) is 0 Å². The van der Waals surface area contributed by atoms with E-state index in [0.29, 0.717) is 19.6 Å². The van der Waals surface area contributed by atoms with Gasteiger partial charge < -0.3 is 9.32 Å². The number of sulfonamides is 1. The molecule has 2 aliphatic heterocycles. The molecule has 0 unspecified atom stereocenters. The fourth-order valence-corrected chi connectivity index (χ4v) is 6.63. The Bertz CT molecular complexity index is 1150. The van der Waals surface area contributed by atoms with Gasteiger partial charge in [0.1, 0.15) is 17.3 Å². The van der Waals surface area contributed by atoms with Gasteiger partial charge in [0, 0.05) is 25.3 Å². The number of aryl methyl sites for hydroxylation is 1. The quantitative estimate of drug-likeness (QED) is 0.663. The zero-order valence-electron chi connectivity index (χ0n) is 16.5. The summed E-state index contributed by atoms with van der Waals surface area (Å²) in [6.07, 6.45) is 3.22. The average molecular weight is 453 g/mol. The van der Waals surface area contributed by atoms with Crippen LogP contribution in [0.3, 0.4) is 0 Å². The van der Waals surface area contributed by atoms with Crippen LogP contribution in [0.5, 0.6) is 0 Å². The minimum absolute atomic E-state index is 0.0135. The molecule has 162 valence electrons. The van der Waals surface area contributed by atoms with Crippen LogP contribution in [0.4, 0.5) is 5.69 Å². The number of rotatable bonds is 6. The summed E-state index contributed by atoms with van der Waals surface area (Å²) >= 11 is 0. The molecule has 3 heterocycles. The molecule has 0 saturated carbocycles. The van der Waals surface area contributed by atoms with Crippen molar-refractivity contribution >= 4 is 31.5 Å². The first-order valence-electron chi connectivity index (χ1n) is 9.94. The van der Waals surface area contributed by atoms with Gasteiger partial charge in [0.25, 0.3) is 10.0 Å². The Morgan fingerprint density at radius 2 is 1.67 bits per heavy atom. The number of fused-ring (bicyclic) bond motifs is 1. The third-order valence-corrected chi connectivity index (χ3v) is 8.60. The van der Waals surface area contributed by atoms with Crippen LogP contribution >= 0.6 is 0 Å². The number of hydrogen-bond donors (Lipinski definition) is 0. The van der Waals surface area contributed by atoms with Crippen LogP contribution in [-0.2, 0) is 36.8 Å². The number of sulfone groups is 1. The third-order valence-electron chi connectivity index (χ3n) is 5.41. The van der Waals surface area contributed by atoms with E-state index in [-0.39, 0.29) is 10.9 Å². The zero-order chi connectivity index (χ0) is 21.4. The van der Waals surface area contributed by atoms with Crippen molar-refractivity contribution in [3.63, 3.8) is 0 Å². The Hall–Kier alpha value is -2.17. The highest BCUT2D eigenvalue weighted by Crippen LogP contribution is 2.27. The van der Waals surface area contributed by atoms with Gasteiger partial charge in [-0.3, -0.25) is 4.79 Å². The van der Waals surface area contributed by atoms with E-state index in [9.17, 15) is 21.6 Å². The van der Waals surface area contributed by atoms with Crippen molar-refractivity contribution in [3.05, 3.63) is 47.7 Å². The second kappa shape index (κ2) is 8.16. The van der Waals surface area contributed by atoms with Gasteiger partial charge in [-0.1, -0.05) is 18.2 Å². The van der Waals surface area contributed by atoms with Gasteiger partial charge in [0.2, 0.25) is 11.0 Å². The molecule has 0 aliphatic carbocycles. The summed E-state index contributed by atoms with van der Waals surface area (Å²) in [6, 6.07) is 10.1. The maximum absolute atomic E-state index is 12.7. The highest BCUT2D eigenvalue weighted by molar-refractivity contribution is 7.91. The first-order chi connectivity index (χ1) is 14.3. The molecule has 2 aliphatic rings. The lowest BCUT2D eigenvalue weighted by Gasteiger charge is -2.29. The lowest BCUT2D eigenvalue weighted by Crippen LogP contribution is -2.39. The van der Waals surface area contributed by atoms with E-state index >= 15 is 0 Å². The van der Waals surface area contributed by atoms with Crippen molar-refractivity contribution < 1.29 is 26.0 Å². The largest absolute Gasteiger partial charge is 0.447 e. The molecule has 1 fully saturated rings. The van der Waals surface area contributed by atoms with Crippen molar-refractivity contribution in [1.29, 1.82) is 0 Å². The van der Waals surface area contributed by atoms with Crippen LogP contribution in [0.2, 0.25) is 0 Å². The molecule has 30 heavy (non-hydrogen) atoms.